The van der Waals surface area contributed by atoms with Crippen LogP contribution in [0.25, 0.3) is 0 Å². The number of carbonyl (C=O) groups is 1. The Hall–Kier alpha value is -1.30. The molecule has 6 heteroatoms. The molecule has 0 radical (unpaired) electrons. The molecule has 0 bridgehead atoms. The first-order valence-corrected chi connectivity index (χ1v) is 3.49. The highest BCUT2D eigenvalue weighted by Crippen LogP contribution is 1.97. The fourth-order valence-corrected chi connectivity index (χ4v) is 0.934. The van der Waals surface area contributed by atoms with Crippen molar-refractivity contribution >= 4 is 11.8 Å². The van der Waals surface area contributed by atoms with E-state index in [1.807, 2.05) is 0 Å². The highest BCUT2D eigenvalue weighted by Gasteiger charge is 2.18. The second kappa shape index (κ2) is 3.91. The summed E-state index contributed by atoms with van der Waals surface area (Å²) in [6, 6.07) is 0. The van der Waals surface area contributed by atoms with Crippen LogP contribution in [-0.2, 0) is 4.74 Å². The van der Waals surface area contributed by atoms with Crippen molar-refractivity contribution in [3.63, 3.8) is 0 Å². The van der Waals surface area contributed by atoms with E-state index in [4.69, 9.17) is 15.1 Å². The molecule has 0 atom stereocenters. The maximum absolute atomic E-state index is 10.5. The number of amides is 1. The van der Waals surface area contributed by atoms with E-state index < -0.39 is 6.09 Å². The minimum Gasteiger partial charge on any atom is -0.465 e. The number of hydrogen-bond acceptors (Lipinski definition) is 4. The van der Waals surface area contributed by atoms with Crippen molar-refractivity contribution in [1.82, 2.24) is 4.90 Å². The van der Waals surface area contributed by atoms with Crippen molar-refractivity contribution in [2.45, 2.75) is 0 Å². The van der Waals surface area contributed by atoms with E-state index in [1.165, 1.54) is 0 Å². The van der Waals surface area contributed by atoms with Gasteiger partial charge in [0.15, 0.2) is 0 Å². The number of oxime groups is 1. The Morgan fingerprint density at radius 3 is 3.00 bits per heavy atom. The predicted molar refractivity (Wildman–Crippen MR) is 39.6 cm³/mol. The summed E-state index contributed by atoms with van der Waals surface area (Å²) in [5, 5.41) is 19.9. The molecule has 0 aromatic heterocycles. The summed E-state index contributed by atoms with van der Waals surface area (Å²) in [7, 11) is 0. The third kappa shape index (κ3) is 2.09. The molecule has 12 heavy (non-hydrogen) atoms. The van der Waals surface area contributed by atoms with Crippen molar-refractivity contribution in [2.75, 3.05) is 26.3 Å². The standard InChI is InChI=1S/C6H10N2O4/c9-6(10)8-1-2-12-4-5(3-8)7-11/h11H,1-4H2,(H,9,10). The molecule has 0 aromatic rings. The van der Waals surface area contributed by atoms with Gasteiger partial charge in [-0.15, -0.1) is 0 Å². The highest BCUT2D eigenvalue weighted by atomic mass is 16.5. The first-order chi connectivity index (χ1) is 5.74. The van der Waals surface area contributed by atoms with Crippen molar-refractivity contribution in [3.05, 3.63) is 0 Å². The molecular weight excluding hydrogens is 164 g/mol. The highest BCUT2D eigenvalue weighted by molar-refractivity contribution is 5.89. The van der Waals surface area contributed by atoms with E-state index in [9.17, 15) is 4.79 Å². The van der Waals surface area contributed by atoms with Crippen LogP contribution in [0.3, 0.4) is 0 Å². The van der Waals surface area contributed by atoms with Gasteiger partial charge in [-0.2, -0.15) is 0 Å². The van der Waals surface area contributed by atoms with Crippen LogP contribution in [0, 0.1) is 0 Å². The van der Waals surface area contributed by atoms with E-state index in [1.54, 1.807) is 0 Å². The lowest BCUT2D eigenvalue weighted by Crippen LogP contribution is -2.34. The topological polar surface area (TPSA) is 82.4 Å². The second-order valence-electron chi connectivity index (χ2n) is 2.42. The smallest absolute Gasteiger partial charge is 0.407 e. The molecule has 1 saturated heterocycles. The van der Waals surface area contributed by atoms with Crippen LogP contribution >= 0.6 is 0 Å². The molecule has 1 aliphatic rings. The quantitative estimate of drug-likeness (QED) is 0.394. The number of ether oxygens (including phenoxy) is 1. The van der Waals surface area contributed by atoms with E-state index >= 15 is 0 Å². The monoisotopic (exact) mass is 174 g/mol. The maximum atomic E-state index is 10.5. The van der Waals surface area contributed by atoms with Crippen molar-refractivity contribution in [1.29, 1.82) is 0 Å². The summed E-state index contributed by atoms with van der Waals surface area (Å²) in [5.41, 5.74) is 0.329. The third-order valence-corrected chi connectivity index (χ3v) is 1.56. The Kier molecular flexibility index (Phi) is 2.87. The largest absolute Gasteiger partial charge is 0.465 e. The molecule has 1 rings (SSSR count). The summed E-state index contributed by atoms with van der Waals surface area (Å²) in [4.78, 5) is 11.6. The summed E-state index contributed by atoms with van der Waals surface area (Å²) < 4.78 is 4.98. The molecule has 0 spiro atoms. The molecule has 0 aromatic carbocycles. The molecule has 0 unspecified atom stereocenters. The van der Waals surface area contributed by atoms with Gasteiger partial charge in [-0.3, -0.25) is 0 Å². The van der Waals surface area contributed by atoms with Crippen LogP contribution in [0.4, 0.5) is 4.79 Å². The van der Waals surface area contributed by atoms with Crippen LogP contribution in [0.5, 0.6) is 0 Å². The molecule has 2 N–H and O–H groups in total. The number of carboxylic acid groups (broad SMARTS) is 1. The average Bonchev–Trinajstić information content (AvgIpc) is 2.28. The maximum Gasteiger partial charge on any atom is 0.407 e. The van der Waals surface area contributed by atoms with Gasteiger partial charge in [0.25, 0.3) is 0 Å². The Bertz CT molecular complexity index is 204. The van der Waals surface area contributed by atoms with Crippen LogP contribution < -0.4 is 0 Å². The first-order valence-electron chi connectivity index (χ1n) is 3.49. The molecule has 0 aliphatic carbocycles. The van der Waals surface area contributed by atoms with Crippen LogP contribution in [-0.4, -0.2) is 53.3 Å². The van der Waals surface area contributed by atoms with E-state index in [0.29, 0.717) is 18.9 Å². The van der Waals surface area contributed by atoms with Crippen molar-refractivity contribution in [2.24, 2.45) is 5.16 Å². The number of nitrogens with zero attached hydrogens (tertiary/aromatic N) is 2. The Morgan fingerprint density at radius 2 is 2.42 bits per heavy atom. The molecular formula is C6H10N2O4. The Labute approximate surface area is 69.0 Å². The third-order valence-electron chi connectivity index (χ3n) is 1.56. The molecule has 1 aliphatic heterocycles. The molecule has 1 heterocycles. The molecule has 0 saturated carbocycles. The molecule has 1 fully saturated rings. The van der Waals surface area contributed by atoms with E-state index in [2.05, 4.69) is 5.16 Å². The fourth-order valence-electron chi connectivity index (χ4n) is 0.934. The van der Waals surface area contributed by atoms with Gasteiger partial charge in [-0.05, 0) is 0 Å². The van der Waals surface area contributed by atoms with E-state index in [0.717, 1.165) is 4.90 Å². The van der Waals surface area contributed by atoms with Gasteiger partial charge in [-0.1, -0.05) is 5.16 Å². The number of rotatable bonds is 0. The Morgan fingerprint density at radius 1 is 1.67 bits per heavy atom. The van der Waals surface area contributed by atoms with Crippen molar-refractivity contribution < 1.29 is 19.8 Å². The van der Waals surface area contributed by atoms with Gasteiger partial charge in [0.1, 0.15) is 5.71 Å². The van der Waals surface area contributed by atoms with Gasteiger partial charge in [0, 0.05) is 6.54 Å². The Balaban J connectivity index is 2.59. The van der Waals surface area contributed by atoms with Gasteiger partial charge >= 0.3 is 6.09 Å². The van der Waals surface area contributed by atoms with E-state index in [-0.39, 0.29) is 13.2 Å². The lowest BCUT2D eigenvalue weighted by molar-refractivity contribution is 0.129. The predicted octanol–water partition coefficient (Wildman–Crippen LogP) is -0.173. The molecule has 6 nitrogen and oxygen atoms in total. The average molecular weight is 174 g/mol. The lowest BCUT2D eigenvalue weighted by atomic mass is 10.4. The van der Waals surface area contributed by atoms with Gasteiger partial charge < -0.3 is 20.0 Å². The summed E-state index contributed by atoms with van der Waals surface area (Å²) in [6.45, 7) is 0.964. The lowest BCUT2D eigenvalue weighted by Gasteiger charge is -2.14. The molecule has 1 amide bonds. The first kappa shape index (κ1) is 8.79. The van der Waals surface area contributed by atoms with Gasteiger partial charge in [-0.25, -0.2) is 4.79 Å². The van der Waals surface area contributed by atoms with Crippen LogP contribution in [0.15, 0.2) is 5.16 Å². The van der Waals surface area contributed by atoms with Crippen LogP contribution in [0.1, 0.15) is 0 Å². The normalized spacial score (nSPS) is 22.3. The zero-order chi connectivity index (χ0) is 8.97. The minimum absolute atomic E-state index is 0.117. The summed E-state index contributed by atoms with van der Waals surface area (Å²) >= 11 is 0. The van der Waals surface area contributed by atoms with Crippen molar-refractivity contribution in [3.8, 4) is 0 Å². The summed E-state index contributed by atoms with van der Waals surface area (Å²) in [6.07, 6.45) is -1.03. The summed E-state index contributed by atoms with van der Waals surface area (Å²) in [5.74, 6) is 0. The fraction of sp³-hybridized carbons (Fsp3) is 0.667. The SMILES string of the molecule is O=C(O)N1CCOCC(=NO)C1. The molecule has 68 valence electrons. The van der Waals surface area contributed by atoms with Crippen LogP contribution in [0.2, 0.25) is 0 Å². The minimum atomic E-state index is -1.03. The zero-order valence-electron chi connectivity index (χ0n) is 6.43. The zero-order valence-corrected chi connectivity index (χ0v) is 6.43. The van der Waals surface area contributed by atoms with Gasteiger partial charge in [0.05, 0.1) is 19.8 Å². The number of hydrogen-bond donors (Lipinski definition) is 2. The van der Waals surface area contributed by atoms with Gasteiger partial charge in [0.2, 0.25) is 0 Å². The second-order valence-corrected chi connectivity index (χ2v) is 2.42.